The van der Waals surface area contributed by atoms with Crippen LogP contribution in [-0.2, 0) is 78.2 Å². The Morgan fingerprint density at radius 1 is 0.674 bits per heavy atom. The molecule has 0 aliphatic carbocycles. The second kappa shape index (κ2) is 47.6. The summed E-state index contributed by atoms with van der Waals surface area (Å²) in [6.07, 6.45) is 12.4. The minimum absolute atomic E-state index is 0.000760. The molecule has 2 rings (SSSR count). The lowest BCUT2D eigenvalue weighted by molar-refractivity contribution is -0.137. The molecule has 16 N–H and O–H groups in total. The average Bonchev–Trinajstić information content (AvgIpc) is 1.02. The maximum absolute atomic E-state index is 14.1. The number of hydrogen-bond acceptors (Lipinski definition) is 18. The van der Waals surface area contributed by atoms with E-state index < -0.39 is 145 Å². The zero-order valence-electron chi connectivity index (χ0n) is 53.8. The molecule has 13 amide bonds. The van der Waals surface area contributed by atoms with E-state index in [1.165, 1.54) is 70.5 Å². The molecule has 0 radical (unpaired) electrons. The number of phenolic OH excluding ortho intramolecular Hbond substituents is 1. The number of thioether (sulfide) groups is 2. The number of nitrogens with one attached hydrogen (secondary N) is 9. The third kappa shape index (κ3) is 36.7. The van der Waals surface area contributed by atoms with Gasteiger partial charge in [0.2, 0.25) is 76.8 Å². The van der Waals surface area contributed by atoms with E-state index in [4.69, 9.17) is 26.7 Å². The maximum Gasteiger partial charge on any atom is 0.246 e. The van der Waals surface area contributed by atoms with Gasteiger partial charge in [0.15, 0.2) is 0 Å². The predicted octanol–water partition coefficient (Wildman–Crippen LogP) is -0.683. The molecular formula is C61H101N13O16S2. The summed E-state index contributed by atoms with van der Waals surface area (Å²) in [7, 11) is 1.27. The van der Waals surface area contributed by atoms with Crippen molar-refractivity contribution in [1.82, 2.24) is 52.8 Å². The van der Waals surface area contributed by atoms with E-state index in [1.54, 1.807) is 26.0 Å². The topological polar surface area (TPSA) is 450 Å². The first-order valence-corrected chi connectivity index (χ1v) is 34.0. The molecule has 0 unspecified atom stereocenters. The molecule has 92 heavy (non-hydrogen) atoms. The molecule has 1 aromatic carbocycles. The van der Waals surface area contributed by atoms with Gasteiger partial charge in [-0.1, -0.05) is 104 Å². The van der Waals surface area contributed by atoms with Gasteiger partial charge in [-0.25, -0.2) is 0 Å². The highest BCUT2D eigenvalue weighted by Crippen LogP contribution is 2.17. The number of phenols is 1. The van der Waals surface area contributed by atoms with Crippen LogP contribution in [0.25, 0.3) is 0 Å². The van der Waals surface area contributed by atoms with Crippen molar-refractivity contribution in [3.8, 4) is 5.75 Å². The first-order chi connectivity index (χ1) is 43.9. The molecule has 0 saturated carbocycles. The fraction of sp³-hybridized carbons (Fsp3) is 0.689. The molecule has 31 heteroatoms. The molecule has 0 aromatic heterocycles. The molecule has 1 aliphatic rings. The molecular weight excluding hydrogens is 1230 g/mol. The average molecular weight is 1340 g/mol. The highest BCUT2D eigenvalue weighted by atomic mass is 32.2. The quantitative estimate of drug-likeness (QED) is 0.0361. The number of unbranched alkanes of at least 4 members (excludes halogenated alkanes) is 10. The van der Waals surface area contributed by atoms with Gasteiger partial charge >= 0.3 is 0 Å². The lowest BCUT2D eigenvalue weighted by atomic mass is 9.96. The van der Waals surface area contributed by atoms with E-state index in [0.29, 0.717) is 31.6 Å². The maximum atomic E-state index is 14.1. The lowest BCUT2D eigenvalue weighted by Gasteiger charge is -2.29. The van der Waals surface area contributed by atoms with Gasteiger partial charge in [0.05, 0.1) is 51.7 Å². The van der Waals surface area contributed by atoms with E-state index in [0.717, 1.165) is 47.7 Å². The summed E-state index contributed by atoms with van der Waals surface area (Å²) in [5.74, 6) is -11.2. The van der Waals surface area contributed by atoms with Crippen molar-refractivity contribution in [2.75, 3.05) is 82.7 Å². The number of carbonyl (C=O) groups is 13. The van der Waals surface area contributed by atoms with Crippen LogP contribution < -0.4 is 65.1 Å². The number of nitrogens with two attached hydrogens (primary N) is 3. The van der Waals surface area contributed by atoms with E-state index in [1.807, 2.05) is 0 Å². The Labute approximate surface area is 548 Å². The fourth-order valence-electron chi connectivity index (χ4n) is 9.28. The smallest absolute Gasteiger partial charge is 0.246 e. The molecule has 1 saturated heterocycles. The number of amides is 13. The van der Waals surface area contributed by atoms with Crippen molar-refractivity contribution >= 4 is 100 Å². The summed E-state index contributed by atoms with van der Waals surface area (Å²) in [5.41, 5.74) is 16.8. The van der Waals surface area contributed by atoms with Crippen LogP contribution in [0.2, 0.25) is 0 Å². The van der Waals surface area contributed by atoms with Crippen molar-refractivity contribution in [2.24, 2.45) is 23.1 Å². The number of ether oxygens (including phenoxy) is 2. The van der Waals surface area contributed by atoms with Crippen molar-refractivity contribution in [3.05, 3.63) is 29.8 Å². The van der Waals surface area contributed by atoms with Crippen molar-refractivity contribution in [1.29, 1.82) is 0 Å². The summed E-state index contributed by atoms with van der Waals surface area (Å²) in [6, 6.07) is -2.93. The Balaban J connectivity index is 2.10. The van der Waals surface area contributed by atoms with E-state index in [9.17, 15) is 67.4 Å². The minimum Gasteiger partial charge on any atom is -0.508 e. The van der Waals surface area contributed by atoms with Gasteiger partial charge in [0, 0.05) is 57.3 Å². The van der Waals surface area contributed by atoms with Crippen LogP contribution in [0.5, 0.6) is 5.75 Å². The molecule has 1 aliphatic heterocycles. The zero-order valence-corrected chi connectivity index (χ0v) is 55.5. The van der Waals surface area contributed by atoms with Gasteiger partial charge in [-0.3, -0.25) is 62.3 Å². The monoisotopic (exact) mass is 1340 g/mol. The summed E-state index contributed by atoms with van der Waals surface area (Å²) < 4.78 is 11.1. The largest absolute Gasteiger partial charge is 0.508 e. The van der Waals surface area contributed by atoms with E-state index in [-0.39, 0.29) is 80.3 Å². The molecule has 1 aromatic rings. The van der Waals surface area contributed by atoms with Crippen LogP contribution in [0.3, 0.4) is 0 Å². The Morgan fingerprint density at radius 2 is 1.26 bits per heavy atom. The molecule has 0 bridgehead atoms. The standard InChI is InChI=1S/C61H101N13O16S2/c1-5-7-8-9-10-11-12-13-14-15-16-18-51(79)65-26-28-89-30-31-90-29-27-66-54(82)39-92-38-47(61(88)74(4)36-50(64)78)69-53(81)35-67-56(83)46-37-91-32-17-19-52(80)68-44(33-41-20-22-42(75)23-21-41)59(86)73-55(40(3)6-2)60(87)70-43(24-25-48(62)76)57(84)71-45(34-49(63)77)58(85)72-46/h20-23,40,43-47,55,75H,5-19,24-39H2,1-4H3,(H2,62,76)(H2,63,77)(H2,64,78)(H,65,79)(H,66,82)(H,67,83)(H,68,80)(H,69,81)(H,70,87)(H,71,84)(H,72,85)(H,73,86)/t40-,43-,44-,45-,46-,47-,55-/m0/s1. The number of benzene rings is 1. The number of hydrogen-bond donors (Lipinski definition) is 13. The second-order valence-electron chi connectivity index (χ2n) is 22.6. The third-order valence-corrected chi connectivity index (χ3v) is 16.8. The first-order valence-electron chi connectivity index (χ1n) is 31.7. The third-order valence-electron chi connectivity index (χ3n) is 14.6. The number of likely N-dealkylation sites (N-methyl/N-ethyl adjacent to an activating group) is 1. The predicted molar refractivity (Wildman–Crippen MR) is 348 cm³/mol. The normalized spacial score (nSPS) is 18.4. The molecule has 7 atom stereocenters. The molecule has 1 fully saturated rings. The van der Waals surface area contributed by atoms with Gasteiger partial charge in [-0.2, -0.15) is 11.8 Å². The van der Waals surface area contributed by atoms with Gasteiger partial charge in [-0.05, 0) is 48.6 Å². The highest BCUT2D eigenvalue weighted by molar-refractivity contribution is 8.00. The van der Waals surface area contributed by atoms with Gasteiger partial charge in [-0.15, -0.1) is 11.8 Å². The van der Waals surface area contributed by atoms with Gasteiger partial charge in [0.1, 0.15) is 42.0 Å². The van der Waals surface area contributed by atoms with Crippen LogP contribution >= 0.6 is 23.5 Å². The lowest BCUT2D eigenvalue weighted by Crippen LogP contribution is -2.61. The molecule has 0 spiro atoms. The van der Waals surface area contributed by atoms with Crippen molar-refractivity contribution in [2.45, 2.75) is 179 Å². The Bertz CT molecular complexity index is 2520. The molecule has 1 heterocycles. The summed E-state index contributed by atoms with van der Waals surface area (Å²) >= 11 is 2.06. The second-order valence-corrected chi connectivity index (χ2v) is 24.8. The Hall–Kier alpha value is -7.25. The number of carbonyl (C=O) groups excluding carboxylic acids is 13. The number of rotatable bonds is 41. The Morgan fingerprint density at radius 3 is 1.86 bits per heavy atom. The van der Waals surface area contributed by atoms with Crippen LogP contribution in [0.1, 0.15) is 142 Å². The fourth-order valence-corrected chi connectivity index (χ4v) is 11.1. The van der Waals surface area contributed by atoms with Gasteiger partial charge in [0.25, 0.3) is 0 Å². The van der Waals surface area contributed by atoms with Crippen LogP contribution in [0.15, 0.2) is 24.3 Å². The van der Waals surface area contributed by atoms with Crippen LogP contribution in [0, 0.1) is 5.92 Å². The summed E-state index contributed by atoms with van der Waals surface area (Å²) in [6.45, 7) is 5.84. The summed E-state index contributed by atoms with van der Waals surface area (Å²) in [4.78, 5) is 173. The van der Waals surface area contributed by atoms with Crippen LogP contribution in [-0.4, -0.2) is 206 Å². The minimum atomic E-state index is -1.79. The summed E-state index contributed by atoms with van der Waals surface area (Å²) in [5, 5.41) is 33.1. The Kier molecular flexibility index (Phi) is 41.8. The van der Waals surface area contributed by atoms with Crippen LogP contribution in [0.4, 0.5) is 0 Å². The van der Waals surface area contributed by atoms with Gasteiger partial charge < -0.3 is 84.5 Å². The first kappa shape index (κ1) is 80.8. The number of primary amides is 3. The zero-order chi connectivity index (χ0) is 68.2. The SMILES string of the molecule is CCCCCCCCCCCCCC(=O)NCCOCCOCCNC(=O)CSC[C@H](NC(=O)CNC(=O)[C@@H]1CSCCCC(=O)N[C@@H](Cc2ccc(O)cc2)C(=O)N[C@@H]([C@@H](C)CC)C(=O)N[C@@H](CCC(N)=O)C(=O)N[C@@H](CC(N)=O)C(=O)N1)C(=O)N(C)CC(N)=O. The number of nitrogens with zero attached hydrogens (tertiary/aromatic N) is 1. The highest BCUT2D eigenvalue weighted by Gasteiger charge is 2.36. The number of aromatic hydroxyl groups is 1. The molecule has 518 valence electrons. The molecule has 29 nitrogen and oxygen atoms in total. The van der Waals surface area contributed by atoms with E-state index >= 15 is 0 Å². The van der Waals surface area contributed by atoms with E-state index in [2.05, 4.69) is 54.8 Å². The van der Waals surface area contributed by atoms with Crippen molar-refractivity contribution in [3.63, 3.8) is 0 Å². The van der Waals surface area contributed by atoms with Crippen molar-refractivity contribution < 1.29 is 76.9 Å².